The Balaban J connectivity index is 1.78. The fraction of sp³-hybridized carbons (Fsp3) is 0.179. The van der Waals surface area contributed by atoms with Gasteiger partial charge in [0.15, 0.2) is 11.2 Å². The summed E-state index contributed by atoms with van der Waals surface area (Å²) >= 11 is 0. The number of hydrogen-bond acceptors (Lipinski definition) is 4. The molecule has 2 aliphatic heterocycles. The van der Waals surface area contributed by atoms with Crippen LogP contribution in [0.5, 0.6) is 0 Å². The van der Waals surface area contributed by atoms with Gasteiger partial charge in [-0.25, -0.2) is 0 Å². The summed E-state index contributed by atoms with van der Waals surface area (Å²) in [4.78, 5) is 16.0. The largest absolute Gasteiger partial charge is 0.351 e. The average Bonchev–Trinajstić information content (AvgIpc) is 3.15. The summed E-state index contributed by atoms with van der Waals surface area (Å²) in [6, 6.07) is 28.3. The predicted octanol–water partition coefficient (Wildman–Crippen LogP) is 5.28. The topological polar surface area (TPSA) is 67.9 Å². The van der Waals surface area contributed by atoms with Crippen LogP contribution in [0.15, 0.2) is 84.9 Å². The van der Waals surface area contributed by atoms with Crippen LogP contribution >= 0.6 is 0 Å². The van der Waals surface area contributed by atoms with Crippen molar-refractivity contribution in [3.05, 3.63) is 107 Å². The Labute approximate surface area is 187 Å². The van der Waals surface area contributed by atoms with Crippen molar-refractivity contribution in [2.45, 2.75) is 24.9 Å². The Morgan fingerprint density at radius 2 is 1.56 bits per heavy atom. The predicted molar refractivity (Wildman–Crippen MR) is 124 cm³/mol. The molecule has 0 amide bonds. The molecule has 1 fully saturated rings. The first kappa shape index (κ1) is 19.8. The van der Waals surface area contributed by atoms with Crippen molar-refractivity contribution < 1.29 is 4.79 Å². The highest BCUT2D eigenvalue weighted by Gasteiger charge is 2.63. The van der Waals surface area contributed by atoms with E-state index in [1.54, 1.807) is 0 Å². The summed E-state index contributed by atoms with van der Waals surface area (Å²) in [6.07, 6.45) is 3.87. The van der Waals surface area contributed by atoms with E-state index in [9.17, 15) is 15.3 Å². The summed E-state index contributed by atoms with van der Waals surface area (Å²) in [5.41, 5.74) is 2.92. The molecular formula is C28H21N3O. The van der Waals surface area contributed by atoms with Crippen LogP contribution in [-0.4, -0.2) is 17.9 Å². The van der Waals surface area contributed by atoms with E-state index in [2.05, 4.69) is 12.1 Å². The van der Waals surface area contributed by atoms with Crippen LogP contribution in [0.25, 0.3) is 6.08 Å². The highest BCUT2D eigenvalue weighted by molar-refractivity contribution is 6.04. The Kier molecular flexibility index (Phi) is 4.65. The normalized spacial score (nSPS) is 22.3. The molecule has 0 aromatic heterocycles. The van der Waals surface area contributed by atoms with E-state index in [0.717, 1.165) is 22.4 Å². The zero-order chi connectivity index (χ0) is 22.3. The number of aryl methyl sites for hydroxylation is 1. The number of ketones is 1. The van der Waals surface area contributed by atoms with Gasteiger partial charge in [0.2, 0.25) is 0 Å². The van der Waals surface area contributed by atoms with Gasteiger partial charge in [0.05, 0.1) is 18.2 Å². The number of anilines is 1. The van der Waals surface area contributed by atoms with E-state index in [1.165, 1.54) is 0 Å². The number of fused-ring (bicyclic) bond motifs is 3. The van der Waals surface area contributed by atoms with Crippen LogP contribution in [-0.2, 0) is 0 Å². The maximum Gasteiger partial charge on any atom is 0.185 e. The SMILES string of the molecule is Cc1ccc(C(=O)[C@@H]2[C@@H](c3ccccc3)C(C#N)(C#N)[C@@H]3C=Cc4ccccc4N23)cc1. The number of hydrogen-bond donors (Lipinski definition) is 0. The number of Topliss-reactive ketones (excluding diaryl/α,β-unsaturated/α-hetero) is 1. The van der Waals surface area contributed by atoms with Crippen molar-refractivity contribution >= 4 is 17.5 Å². The number of benzene rings is 3. The van der Waals surface area contributed by atoms with Crippen molar-refractivity contribution in [1.29, 1.82) is 10.5 Å². The third-order valence-electron chi connectivity index (χ3n) is 6.68. The van der Waals surface area contributed by atoms with Gasteiger partial charge in [-0.2, -0.15) is 10.5 Å². The van der Waals surface area contributed by atoms with Crippen LogP contribution in [0, 0.1) is 35.0 Å². The molecule has 2 aliphatic rings. The van der Waals surface area contributed by atoms with Crippen LogP contribution in [0.4, 0.5) is 5.69 Å². The molecule has 0 radical (unpaired) electrons. The van der Waals surface area contributed by atoms with E-state index in [-0.39, 0.29) is 5.78 Å². The van der Waals surface area contributed by atoms with Crippen LogP contribution in [0.1, 0.15) is 33.0 Å². The molecular weight excluding hydrogens is 394 g/mol. The lowest BCUT2D eigenvalue weighted by molar-refractivity contribution is 0.0951. The number of rotatable bonds is 3. The average molecular weight is 415 g/mol. The van der Waals surface area contributed by atoms with Gasteiger partial charge in [0.25, 0.3) is 0 Å². The molecule has 0 unspecified atom stereocenters. The Hall–Kier alpha value is -4.15. The molecule has 3 atom stereocenters. The lowest BCUT2D eigenvalue weighted by Crippen LogP contribution is -2.44. The summed E-state index contributed by atoms with van der Waals surface area (Å²) in [5, 5.41) is 20.8. The second-order valence-corrected chi connectivity index (χ2v) is 8.43. The standard InChI is InChI=1S/C28H21N3O/c1-19-11-13-22(14-12-19)27(32)26-25(21-8-3-2-4-9-21)28(17-29,18-30)24-16-15-20-7-5-6-10-23(20)31(24)26/h2-16,24-26H,1H3/t24-,25+,26-/m0/s1. The first-order valence-corrected chi connectivity index (χ1v) is 10.6. The summed E-state index contributed by atoms with van der Waals surface area (Å²) in [6.45, 7) is 1.98. The van der Waals surface area contributed by atoms with Crippen LogP contribution in [0.3, 0.4) is 0 Å². The second kappa shape index (κ2) is 7.52. The fourth-order valence-corrected chi connectivity index (χ4v) is 5.16. The second-order valence-electron chi connectivity index (χ2n) is 8.43. The molecule has 3 aromatic rings. The number of para-hydroxylation sites is 1. The van der Waals surface area contributed by atoms with Gasteiger partial charge in [-0.15, -0.1) is 0 Å². The molecule has 0 spiro atoms. The zero-order valence-electron chi connectivity index (χ0n) is 17.6. The van der Waals surface area contributed by atoms with Gasteiger partial charge in [0.1, 0.15) is 6.04 Å². The minimum absolute atomic E-state index is 0.0821. The van der Waals surface area contributed by atoms with E-state index in [1.807, 2.05) is 103 Å². The number of carbonyl (C=O) groups excluding carboxylic acids is 1. The van der Waals surface area contributed by atoms with E-state index in [0.29, 0.717) is 5.56 Å². The monoisotopic (exact) mass is 415 g/mol. The highest BCUT2D eigenvalue weighted by Crippen LogP contribution is 2.55. The number of nitrogens with zero attached hydrogens (tertiary/aromatic N) is 3. The third kappa shape index (κ3) is 2.77. The van der Waals surface area contributed by atoms with Crippen molar-refractivity contribution in [1.82, 2.24) is 0 Å². The maximum absolute atomic E-state index is 14.0. The van der Waals surface area contributed by atoms with Gasteiger partial charge < -0.3 is 4.90 Å². The first-order chi connectivity index (χ1) is 15.6. The Morgan fingerprint density at radius 3 is 2.25 bits per heavy atom. The molecule has 0 bridgehead atoms. The number of carbonyl (C=O) groups is 1. The molecule has 4 nitrogen and oxygen atoms in total. The summed E-state index contributed by atoms with van der Waals surface area (Å²) < 4.78 is 0. The van der Waals surface area contributed by atoms with Crippen molar-refractivity contribution in [3.8, 4) is 12.1 Å². The van der Waals surface area contributed by atoms with Crippen LogP contribution < -0.4 is 4.90 Å². The van der Waals surface area contributed by atoms with Gasteiger partial charge in [-0.1, -0.05) is 90.5 Å². The van der Waals surface area contributed by atoms with E-state index in [4.69, 9.17) is 0 Å². The summed E-state index contributed by atoms with van der Waals surface area (Å²) in [7, 11) is 0. The van der Waals surface area contributed by atoms with Crippen molar-refractivity contribution in [2.75, 3.05) is 4.90 Å². The minimum Gasteiger partial charge on any atom is -0.351 e. The summed E-state index contributed by atoms with van der Waals surface area (Å²) in [5.74, 6) is -0.686. The maximum atomic E-state index is 14.0. The smallest absolute Gasteiger partial charge is 0.185 e. The lowest BCUT2D eigenvalue weighted by Gasteiger charge is -2.35. The molecule has 4 heteroatoms. The van der Waals surface area contributed by atoms with Crippen molar-refractivity contribution in [2.24, 2.45) is 5.41 Å². The van der Waals surface area contributed by atoms with Crippen LogP contribution in [0.2, 0.25) is 0 Å². The zero-order valence-corrected chi connectivity index (χ0v) is 17.6. The minimum atomic E-state index is -1.41. The Bertz CT molecular complexity index is 1280. The van der Waals surface area contributed by atoms with Gasteiger partial charge >= 0.3 is 0 Å². The van der Waals surface area contributed by atoms with E-state index >= 15 is 0 Å². The molecule has 1 saturated heterocycles. The van der Waals surface area contributed by atoms with E-state index < -0.39 is 23.4 Å². The third-order valence-corrected chi connectivity index (χ3v) is 6.68. The number of nitriles is 2. The molecule has 5 rings (SSSR count). The Morgan fingerprint density at radius 1 is 0.906 bits per heavy atom. The molecule has 3 aromatic carbocycles. The van der Waals surface area contributed by atoms with Crippen molar-refractivity contribution in [3.63, 3.8) is 0 Å². The molecule has 32 heavy (non-hydrogen) atoms. The van der Waals surface area contributed by atoms with Gasteiger partial charge in [-0.3, -0.25) is 4.79 Å². The molecule has 0 saturated carbocycles. The first-order valence-electron chi connectivity index (χ1n) is 10.6. The molecule has 0 N–H and O–H groups in total. The van der Waals surface area contributed by atoms with Gasteiger partial charge in [-0.05, 0) is 24.1 Å². The molecule has 0 aliphatic carbocycles. The molecule has 2 heterocycles. The highest BCUT2D eigenvalue weighted by atomic mass is 16.1. The van der Waals surface area contributed by atoms with Gasteiger partial charge in [0, 0.05) is 17.2 Å². The lowest BCUT2D eigenvalue weighted by atomic mass is 9.69. The molecule has 154 valence electrons. The quantitative estimate of drug-likeness (QED) is 0.546. The fourth-order valence-electron chi connectivity index (χ4n) is 5.16.